The highest BCUT2D eigenvalue weighted by molar-refractivity contribution is 4.69. The Morgan fingerprint density at radius 1 is 1.18 bits per heavy atom. The number of piperidine rings is 1. The van der Waals surface area contributed by atoms with Gasteiger partial charge in [0.15, 0.2) is 0 Å². The Balaban J connectivity index is 2.01. The minimum Gasteiger partial charge on any atom is -0.380 e. The molecule has 3 heteroatoms. The second-order valence-electron chi connectivity index (χ2n) is 4.97. The molecule has 1 saturated heterocycles. The van der Waals surface area contributed by atoms with Crippen LogP contribution in [0.4, 0.5) is 0 Å². The molecule has 0 bridgehead atoms. The molecule has 0 amide bonds. The lowest BCUT2D eigenvalue weighted by molar-refractivity contribution is 0.114. The first kappa shape index (κ1) is 14.9. The maximum Gasteiger partial charge on any atom is 0.0593 e. The van der Waals surface area contributed by atoms with Crippen molar-refractivity contribution >= 4 is 0 Å². The molecule has 102 valence electrons. The summed E-state index contributed by atoms with van der Waals surface area (Å²) < 4.78 is 5.41. The van der Waals surface area contributed by atoms with E-state index in [0.717, 1.165) is 32.2 Å². The Hall–Kier alpha value is -0.120. The van der Waals surface area contributed by atoms with Crippen molar-refractivity contribution in [3.63, 3.8) is 0 Å². The zero-order valence-corrected chi connectivity index (χ0v) is 11.7. The van der Waals surface area contributed by atoms with Crippen LogP contribution in [0.15, 0.2) is 0 Å². The first-order valence-electron chi connectivity index (χ1n) is 7.37. The molecular weight excluding hydrogens is 212 g/mol. The molecule has 0 aromatic heterocycles. The van der Waals surface area contributed by atoms with E-state index in [9.17, 15) is 0 Å². The molecule has 0 aliphatic carbocycles. The monoisotopic (exact) mass is 242 g/mol. The van der Waals surface area contributed by atoms with Crippen LogP contribution in [0.5, 0.6) is 0 Å². The van der Waals surface area contributed by atoms with Gasteiger partial charge in [-0.05, 0) is 64.7 Å². The lowest BCUT2D eigenvalue weighted by atomic mass is 9.93. The highest BCUT2D eigenvalue weighted by atomic mass is 16.5. The molecular formula is C14H30N2O. The molecule has 1 heterocycles. The summed E-state index contributed by atoms with van der Waals surface area (Å²) in [7, 11) is 0. The van der Waals surface area contributed by atoms with Crippen molar-refractivity contribution in [3.05, 3.63) is 0 Å². The molecule has 1 N–H and O–H groups in total. The van der Waals surface area contributed by atoms with Crippen LogP contribution in [-0.2, 0) is 4.74 Å². The summed E-state index contributed by atoms with van der Waals surface area (Å²) in [5.74, 6) is 0.974. The van der Waals surface area contributed by atoms with E-state index in [4.69, 9.17) is 4.74 Å². The third-order valence-corrected chi connectivity index (χ3v) is 3.75. The molecule has 0 aromatic carbocycles. The fourth-order valence-corrected chi connectivity index (χ4v) is 2.54. The summed E-state index contributed by atoms with van der Waals surface area (Å²) in [5.41, 5.74) is 0. The molecule has 0 atom stereocenters. The summed E-state index contributed by atoms with van der Waals surface area (Å²) in [6.07, 6.45) is 5.52. The van der Waals surface area contributed by atoms with Crippen molar-refractivity contribution in [1.82, 2.24) is 10.2 Å². The van der Waals surface area contributed by atoms with E-state index in [0.29, 0.717) is 0 Å². The lowest BCUT2D eigenvalue weighted by Gasteiger charge is -2.24. The van der Waals surface area contributed by atoms with E-state index < -0.39 is 0 Å². The Kier molecular flexibility index (Phi) is 8.67. The lowest BCUT2D eigenvalue weighted by Crippen LogP contribution is -2.30. The Labute approximate surface area is 107 Å². The van der Waals surface area contributed by atoms with Crippen molar-refractivity contribution in [2.75, 3.05) is 45.9 Å². The van der Waals surface area contributed by atoms with Crippen LogP contribution in [0, 0.1) is 5.92 Å². The molecule has 0 spiro atoms. The van der Waals surface area contributed by atoms with Crippen molar-refractivity contribution in [2.45, 2.75) is 39.5 Å². The fourth-order valence-electron chi connectivity index (χ4n) is 2.54. The van der Waals surface area contributed by atoms with Crippen LogP contribution >= 0.6 is 0 Å². The van der Waals surface area contributed by atoms with Gasteiger partial charge in [-0.2, -0.15) is 0 Å². The molecule has 0 aromatic rings. The summed E-state index contributed by atoms with van der Waals surface area (Å²) in [6, 6.07) is 0. The molecule has 1 fully saturated rings. The van der Waals surface area contributed by atoms with Gasteiger partial charge in [-0.3, -0.25) is 0 Å². The van der Waals surface area contributed by atoms with Gasteiger partial charge >= 0.3 is 0 Å². The minimum atomic E-state index is 0.840. The van der Waals surface area contributed by atoms with Crippen LogP contribution in [-0.4, -0.2) is 50.8 Å². The maximum absolute atomic E-state index is 5.41. The SMILES string of the molecule is CCOCCN(CC)CCCC1CCNCC1. The topological polar surface area (TPSA) is 24.5 Å². The fraction of sp³-hybridized carbons (Fsp3) is 1.00. The van der Waals surface area contributed by atoms with E-state index in [2.05, 4.69) is 24.1 Å². The first-order chi connectivity index (χ1) is 8.36. The predicted octanol–water partition coefficient (Wildman–Crippen LogP) is 2.12. The number of likely N-dealkylation sites (N-methyl/N-ethyl adjacent to an activating group) is 1. The third kappa shape index (κ3) is 7.02. The standard InChI is InChI=1S/C14H30N2O/c1-3-16(12-13-17-4-2)11-5-6-14-7-9-15-10-8-14/h14-15H,3-13H2,1-2H3. The van der Waals surface area contributed by atoms with Gasteiger partial charge in [-0.25, -0.2) is 0 Å². The van der Waals surface area contributed by atoms with E-state index in [1.807, 2.05) is 0 Å². The van der Waals surface area contributed by atoms with Gasteiger partial charge in [-0.15, -0.1) is 0 Å². The van der Waals surface area contributed by atoms with Crippen LogP contribution < -0.4 is 5.32 Å². The van der Waals surface area contributed by atoms with Crippen LogP contribution in [0.25, 0.3) is 0 Å². The Morgan fingerprint density at radius 3 is 2.59 bits per heavy atom. The van der Waals surface area contributed by atoms with Crippen molar-refractivity contribution in [1.29, 1.82) is 0 Å². The zero-order chi connectivity index (χ0) is 12.3. The van der Waals surface area contributed by atoms with Crippen LogP contribution in [0.3, 0.4) is 0 Å². The average Bonchev–Trinajstić information content (AvgIpc) is 2.38. The van der Waals surface area contributed by atoms with Gasteiger partial charge < -0.3 is 15.0 Å². The van der Waals surface area contributed by atoms with Gasteiger partial charge in [0.05, 0.1) is 6.61 Å². The number of hydrogen-bond acceptors (Lipinski definition) is 3. The van der Waals surface area contributed by atoms with Gasteiger partial charge in [0.2, 0.25) is 0 Å². The Morgan fingerprint density at radius 2 is 1.94 bits per heavy atom. The molecule has 0 radical (unpaired) electrons. The Bertz CT molecular complexity index is 170. The zero-order valence-electron chi connectivity index (χ0n) is 11.7. The van der Waals surface area contributed by atoms with Gasteiger partial charge in [0.25, 0.3) is 0 Å². The van der Waals surface area contributed by atoms with Crippen molar-refractivity contribution in [3.8, 4) is 0 Å². The predicted molar refractivity (Wildman–Crippen MR) is 73.4 cm³/mol. The molecule has 0 saturated carbocycles. The highest BCUT2D eigenvalue weighted by Crippen LogP contribution is 2.17. The first-order valence-corrected chi connectivity index (χ1v) is 7.37. The number of hydrogen-bond donors (Lipinski definition) is 1. The van der Waals surface area contributed by atoms with E-state index in [-0.39, 0.29) is 0 Å². The largest absolute Gasteiger partial charge is 0.380 e. The summed E-state index contributed by atoms with van der Waals surface area (Å²) in [4.78, 5) is 2.51. The maximum atomic E-state index is 5.41. The number of rotatable bonds is 9. The van der Waals surface area contributed by atoms with E-state index >= 15 is 0 Å². The quantitative estimate of drug-likeness (QED) is 0.627. The molecule has 1 aliphatic rings. The summed E-state index contributed by atoms with van der Waals surface area (Å²) in [6.45, 7) is 12.0. The second-order valence-corrected chi connectivity index (χ2v) is 4.97. The normalized spacial score (nSPS) is 17.8. The smallest absolute Gasteiger partial charge is 0.0593 e. The highest BCUT2D eigenvalue weighted by Gasteiger charge is 2.12. The van der Waals surface area contributed by atoms with E-state index in [1.165, 1.54) is 45.3 Å². The molecule has 3 nitrogen and oxygen atoms in total. The van der Waals surface area contributed by atoms with E-state index in [1.54, 1.807) is 0 Å². The van der Waals surface area contributed by atoms with Gasteiger partial charge in [0.1, 0.15) is 0 Å². The van der Waals surface area contributed by atoms with Gasteiger partial charge in [-0.1, -0.05) is 6.92 Å². The van der Waals surface area contributed by atoms with Crippen molar-refractivity contribution < 1.29 is 4.74 Å². The number of nitrogens with zero attached hydrogens (tertiary/aromatic N) is 1. The summed E-state index contributed by atoms with van der Waals surface area (Å²) in [5, 5.41) is 3.43. The van der Waals surface area contributed by atoms with Crippen LogP contribution in [0.2, 0.25) is 0 Å². The number of nitrogens with one attached hydrogen (secondary N) is 1. The molecule has 1 aliphatic heterocycles. The molecule has 17 heavy (non-hydrogen) atoms. The third-order valence-electron chi connectivity index (χ3n) is 3.75. The van der Waals surface area contributed by atoms with Crippen LogP contribution in [0.1, 0.15) is 39.5 Å². The second kappa shape index (κ2) is 9.86. The van der Waals surface area contributed by atoms with Gasteiger partial charge in [0, 0.05) is 13.2 Å². The molecule has 1 rings (SSSR count). The summed E-state index contributed by atoms with van der Waals surface area (Å²) >= 11 is 0. The number of ether oxygens (including phenoxy) is 1. The minimum absolute atomic E-state index is 0.840. The van der Waals surface area contributed by atoms with Crippen molar-refractivity contribution in [2.24, 2.45) is 5.92 Å². The average molecular weight is 242 g/mol. The molecule has 0 unspecified atom stereocenters.